The van der Waals surface area contributed by atoms with Gasteiger partial charge in [-0.15, -0.1) is 0 Å². The Hall–Kier alpha value is -0.870. The molecule has 0 aliphatic carbocycles. The van der Waals surface area contributed by atoms with Crippen molar-refractivity contribution >= 4 is 0 Å². The number of nitrogens with one attached hydrogen (secondary N) is 1. The number of hydrogen-bond donors (Lipinski definition) is 2. The summed E-state index contributed by atoms with van der Waals surface area (Å²) in [6.07, 6.45) is 0. The number of aryl methyl sites for hydroxylation is 1. The van der Waals surface area contributed by atoms with Crippen LogP contribution in [0.3, 0.4) is 0 Å². The zero-order chi connectivity index (χ0) is 8.97. The highest BCUT2D eigenvalue weighted by Crippen LogP contribution is 2.01. The van der Waals surface area contributed by atoms with Gasteiger partial charge in [-0.2, -0.15) is 0 Å². The molecular weight excluding hydrogens is 154 g/mol. The van der Waals surface area contributed by atoms with Crippen molar-refractivity contribution in [1.82, 2.24) is 10.5 Å². The van der Waals surface area contributed by atoms with Crippen LogP contribution in [0.5, 0.6) is 0 Å². The van der Waals surface area contributed by atoms with E-state index in [2.05, 4.69) is 10.5 Å². The quantitative estimate of drug-likeness (QED) is 0.685. The first-order valence-electron chi connectivity index (χ1n) is 4.08. The van der Waals surface area contributed by atoms with Gasteiger partial charge in [0.05, 0.1) is 12.2 Å². The molecule has 1 aromatic rings. The van der Waals surface area contributed by atoms with Gasteiger partial charge in [0.15, 0.2) is 5.76 Å². The molecule has 0 unspecified atom stereocenters. The molecule has 0 amide bonds. The molecule has 1 atom stereocenters. The van der Waals surface area contributed by atoms with Crippen molar-refractivity contribution in [3.63, 3.8) is 0 Å². The van der Waals surface area contributed by atoms with Gasteiger partial charge in [-0.1, -0.05) is 5.16 Å². The summed E-state index contributed by atoms with van der Waals surface area (Å²) in [6, 6.07) is 2.23. The van der Waals surface area contributed by atoms with E-state index < -0.39 is 0 Å². The fraction of sp³-hybridized carbons (Fsp3) is 0.625. The van der Waals surface area contributed by atoms with Crippen LogP contribution in [0.1, 0.15) is 18.4 Å². The lowest BCUT2D eigenvalue weighted by molar-refractivity contribution is 0.363. The minimum Gasteiger partial charge on any atom is -0.360 e. The van der Waals surface area contributed by atoms with E-state index in [0.29, 0.717) is 19.1 Å². The van der Waals surface area contributed by atoms with E-state index in [1.165, 1.54) is 0 Å². The van der Waals surface area contributed by atoms with E-state index in [4.69, 9.17) is 10.3 Å². The minimum atomic E-state index is 0.315. The molecule has 0 aromatic carbocycles. The van der Waals surface area contributed by atoms with E-state index in [1.807, 2.05) is 19.9 Å². The number of hydrogen-bond acceptors (Lipinski definition) is 4. The molecule has 0 fully saturated rings. The molecule has 12 heavy (non-hydrogen) atoms. The number of nitrogens with two attached hydrogens (primary N) is 1. The second-order valence-electron chi connectivity index (χ2n) is 2.95. The van der Waals surface area contributed by atoms with Crippen LogP contribution in [0, 0.1) is 6.92 Å². The van der Waals surface area contributed by atoms with Crippen LogP contribution < -0.4 is 11.1 Å². The van der Waals surface area contributed by atoms with Crippen molar-refractivity contribution in [1.29, 1.82) is 0 Å². The molecule has 0 aliphatic heterocycles. The maximum Gasteiger partial charge on any atom is 0.150 e. The predicted octanol–water partition coefficient (Wildman–Crippen LogP) is 0.420. The fourth-order valence-corrected chi connectivity index (χ4v) is 0.858. The summed E-state index contributed by atoms with van der Waals surface area (Å²) in [5.74, 6) is 0.854. The second kappa shape index (κ2) is 4.23. The maximum atomic E-state index is 5.43. The van der Waals surface area contributed by atoms with Crippen molar-refractivity contribution in [3.8, 4) is 0 Å². The van der Waals surface area contributed by atoms with E-state index in [9.17, 15) is 0 Å². The van der Waals surface area contributed by atoms with Gasteiger partial charge in [0.25, 0.3) is 0 Å². The zero-order valence-electron chi connectivity index (χ0n) is 7.50. The molecule has 1 aromatic heterocycles. The molecule has 4 nitrogen and oxygen atoms in total. The summed E-state index contributed by atoms with van der Waals surface area (Å²) >= 11 is 0. The normalized spacial score (nSPS) is 13.2. The molecular formula is C8H15N3O. The molecule has 0 saturated carbocycles. The largest absolute Gasteiger partial charge is 0.360 e. The van der Waals surface area contributed by atoms with Gasteiger partial charge in [0.2, 0.25) is 0 Å². The van der Waals surface area contributed by atoms with Crippen LogP contribution in [0.15, 0.2) is 10.6 Å². The molecule has 68 valence electrons. The van der Waals surface area contributed by atoms with Crippen molar-refractivity contribution in [2.24, 2.45) is 5.73 Å². The van der Waals surface area contributed by atoms with E-state index >= 15 is 0 Å². The van der Waals surface area contributed by atoms with Gasteiger partial charge < -0.3 is 15.6 Å². The second-order valence-corrected chi connectivity index (χ2v) is 2.95. The summed E-state index contributed by atoms with van der Waals surface area (Å²) in [5.41, 5.74) is 6.34. The summed E-state index contributed by atoms with van der Waals surface area (Å²) in [5, 5.41) is 6.98. The van der Waals surface area contributed by atoms with E-state index in [1.54, 1.807) is 0 Å². The number of aromatic nitrogens is 1. The molecule has 0 bridgehead atoms. The Kier molecular flexibility index (Phi) is 3.25. The Morgan fingerprint density at radius 2 is 2.50 bits per heavy atom. The molecule has 3 N–H and O–H groups in total. The van der Waals surface area contributed by atoms with Gasteiger partial charge in [0.1, 0.15) is 0 Å². The van der Waals surface area contributed by atoms with E-state index in [-0.39, 0.29) is 0 Å². The Labute approximate surface area is 72.1 Å². The highest BCUT2D eigenvalue weighted by molar-refractivity contribution is 5.02. The van der Waals surface area contributed by atoms with Crippen molar-refractivity contribution in [2.75, 3.05) is 6.54 Å². The monoisotopic (exact) mass is 169 g/mol. The average Bonchev–Trinajstić information content (AvgIpc) is 2.47. The Bertz CT molecular complexity index is 234. The first kappa shape index (κ1) is 9.22. The highest BCUT2D eigenvalue weighted by atomic mass is 16.5. The van der Waals surface area contributed by atoms with Crippen LogP contribution >= 0.6 is 0 Å². The summed E-state index contributed by atoms with van der Waals surface area (Å²) < 4.78 is 5.01. The molecule has 0 spiro atoms. The topological polar surface area (TPSA) is 64.1 Å². The van der Waals surface area contributed by atoms with Gasteiger partial charge >= 0.3 is 0 Å². The fourth-order valence-electron chi connectivity index (χ4n) is 0.858. The molecule has 1 rings (SSSR count). The predicted molar refractivity (Wildman–Crippen MR) is 46.6 cm³/mol. The average molecular weight is 169 g/mol. The zero-order valence-corrected chi connectivity index (χ0v) is 7.50. The van der Waals surface area contributed by atoms with Crippen LogP contribution in [-0.4, -0.2) is 17.7 Å². The number of nitrogens with zero attached hydrogens (tertiary/aromatic N) is 1. The number of rotatable bonds is 4. The molecule has 1 heterocycles. The Morgan fingerprint density at radius 1 is 1.75 bits per heavy atom. The smallest absolute Gasteiger partial charge is 0.150 e. The van der Waals surface area contributed by atoms with Crippen LogP contribution in [0.25, 0.3) is 0 Å². The van der Waals surface area contributed by atoms with Crippen molar-refractivity contribution in [2.45, 2.75) is 26.4 Å². The first-order valence-corrected chi connectivity index (χ1v) is 4.08. The minimum absolute atomic E-state index is 0.315. The Balaban J connectivity index is 2.33. The third-order valence-corrected chi connectivity index (χ3v) is 1.66. The van der Waals surface area contributed by atoms with Gasteiger partial charge in [-0.25, -0.2) is 0 Å². The third-order valence-electron chi connectivity index (χ3n) is 1.66. The molecule has 4 heteroatoms. The maximum absolute atomic E-state index is 5.43. The van der Waals surface area contributed by atoms with Crippen LogP contribution in [-0.2, 0) is 6.54 Å². The Morgan fingerprint density at radius 3 is 3.00 bits per heavy atom. The van der Waals surface area contributed by atoms with Crippen molar-refractivity contribution < 1.29 is 4.52 Å². The van der Waals surface area contributed by atoms with Gasteiger partial charge in [-0.3, -0.25) is 0 Å². The summed E-state index contributed by atoms with van der Waals surface area (Å²) in [7, 11) is 0. The summed E-state index contributed by atoms with van der Waals surface area (Å²) in [4.78, 5) is 0. The van der Waals surface area contributed by atoms with E-state index in [0.717, 1.165) is 11.5 Å². The molecule has 0 saturated heterocycles. The van der Waals surface area contributed by atoms with Gasteiger partial charge in [0, 0.05) is 18.7 Å². The molecule has 0 aliphatic rings. The first-order chi connectivity index (χ1) is 5.72. The van der Waals surface area contributed by atoms with Crippen molar-refractivity contribution in [3.05, 3.63) is 17.5 Å². The van der Waals surface area contributed by atoms with Crippen LogP contribution in [0.4, 0.5) is 0 Å². The summed E-state index contributed by atoms with van der Waals surface area (Å²) in [6.45, 7) is 5.26. The van der Waals surface area contributed by atoms with Crippen LogP contribution in [0.2, 0.25) is 0 Å². The molecule has 0 radical (unpaired) electrons. The lowest BCUT2D eigenvalue weighted by Gasteiger charge is -2.07. The lowest BCUT2D eigenvalue weighted by Crippen LogP contribution is -2.32. The lowest BCUT2D eigenvalue weighted by atomic mass is 10.3. The highest BCUT2D eigenvalue weighted by Gasteiger charge is 2.02. The standard InChI is InChI=1S/C8H15N3O/c1-6-3-8(12-11-6)5-10-7(2)4-9/h3,7,10H,4-5,9H2,1-2H3/t7-/m0/s1. The van der Waals surface area contributed by atoms with Gasteiger partial charge in [-0.05, 0) is 13.8 Å². The SMILES string of the molecule is Cc1cc(CN[C@@H](C)CN)on1. The third kappa shape index (κ3) is 2.64.